The van der Waals surface area contributed by atoms with E-state index in [4.69, 9.17) is 18.0 Å². The highest BCUT2D eigenvalue weighted by Crippen LogP contribution is 2.22. The van der Waals surface area contributed by atoms with Gasteiger partial charge < -0.3 is 23.1 Å². The van der Waals surface area contributed by atoms with Crippen LogP contribution in [0.3, 0.4) is 0 Å². The summed E-state index contributed by atoms with van der Waals surface area (Å²) in [5, 5.41) is 9.66. The molecular weight excluding hydrogens is 252 g/mol. The summed E-state index contributed by atoms with van der Waals surface area (Å²) in [6.07, 6.45) is 0.414. The minimum Gasteiger partial charge on any atom is -0.372 e. The number of hydrogen-bond donors (Lipinski definition) is 1. The summed E-state index contributed by atoms with van der Waals surface area (Å²) in [6.45, 7) is 11.1. The molecule has 5 nitrogen and oxygen atoms in total. The zero-order valence-corrected chi connectivity index (χ0v) is 13.3. The molecule has 2 unspecified atom stereocenters. The molecule has 0 heterocycles. The number of aliphatic hydroxyl groups excluding tert-OH is 1. The first-order chi connectivity index (χ1) is 8.60. The molecule has 1 N–H and O–H groups in total. The van der Waals surface area contributed by atoms with Crippen LogP contribution in [-0.4, -0.2) is 45.7 Å². The summed E-state index contributed by atoms with van der Waals surface area (Å²) in [6, 6.07) is 0. The highest BCUT2D eigenvalue weighted by molar-refractivity contribution is 6.62. The Morgan fingerprint density at radius 2 is 1.28 bits per heavy atom. The molecule has 0 amide bonds. The second-order valence-electron chi connectivity index (χ2n) is 3.80. The summed E-state index contributed by atoms with van der Waals surface area (Å²) in [7, 11) is -2.89. The second-order valence-corrected chi connectivity index (χ2v) is 6.52. The molecule has 110 valence electrons. The van der Waals surface area contributed by atoms with Crippen LogP contribution in [-0.2, 0) is 18.0 Å². The van der Waals surface area contributed by atoms with Crippen LogP contribution in [0.5, 0.6) is 0 Å². The van der Waals surface area contributed by atoms with Gasteiger partial charge >= 0.3 is 8.80 Å². The molecule has 0 fully saturated rings. The molecule has 0 aromatic carbocycles. The Morgan fingerprint density at radius 1 is 0.833 bits per heavy atom. The minimum absolute atomic E-state index is 0.327. The molecule has 0 aliphatic rings. The largest absolute Gasteiger partial charge is 0.531 e. The van der Waals surface area contributed by atoms with Gasteiger partial charge in [-0.05, 0) is 33.6 Å². The first kappa shape index (κ1) is 18.0. The van der Waals surface area contributed by atoms with Crippen molar-refractivity contribution in [2.24, 2.45) is 0 Å². The van der Waals surface area contributed by atoms with Crippen molar-refractivity contribution in [1.29, 1.82) is 0 Å². The Balaban J connectivity index is 4.93. The molecule has 0 aliphatic heterocycles. The van der Waals surface area contributed by atoms with Crippen molar-refractivity contribution in [2.75, 3.05) is 19.8 Å². The van der Waals surface area contributed by atoms with Crippen molar-refractivity contribution in [1.82, 2.24) is 0 Å². The lowest BCUT2D eigenvalue weighted by molar-refractivity contribution is -0.138. The number of aliphatic hydroxyl groups is 1. The maximum atomic E-state index is 9.66. The summed E-state index contributed by atoms with van der Waals surface area (Å²) in [5.74, 6) is 0. The van der Waals surface area contributed by atoms with Crippen LogP contribution in [0.2, 0.25) is 0 Å². The highest BCUT2D eigenvalue weighted by Gasteiger charge is 2.50. The van der Waals surface area contributed by atoms with Gasteiger partial charge in [0.25, 0.3) is 0 Å². The Labute approximate surface area is 112 Å². The third-order valence-electron chi connectivity index (χ3n) is 2.47. The fourth-order valence-electron chi connectivity index (χ4n) is 1.72. The molecule has 0 radical (unpaired) electrons. The van der Waals surface area contributed by atoms with Crippen molar-refractivity contribution in [3.63, 3.8) is 0 Å². The lowest BCUT2D eigenvalue weighted by Crippen LogP contribution is -2.58. The molecule has 18 heavy (non-hydrogen) atoms. The van der Waals surface area contributed by atoms with Gasteiger partial charge in [-0.15, -0.1) is 0 Å². The molecule has 0 bridgehead atoms. The monoisotopic (exact) mass is 280 g/mol. The quantitative estimate of drug-likeness (QED) is 0.464. The van der Waals surface area contributed by atoms with Gasteiger partial charge in [0, 0.05) is 19.8 Å². The summed E-state index contributed by atoms with van der Waals surface area (Å²) < 4.78 is 22.9. The zero-order valence-electron chi connectivity index (χ0n) is 12.3. The van der Waals surface area contributed by atoms with Crippen LogP contribution in [0.1, 0.15) is 47.5 Å². The predicted molar refractivity (Wildman–Crippen MR) is 72.1 cm³/mol. The average molecular weight is 280 g/mol. The van der Waals surface area contributed by atoms with E-state index < -0.39 is 15.1 Å². The van der Waals surface area contributed by atoms with E-state index in [2.05, 4.69) is 0 Å². The van der Waals surface area contributed by atoms with Crippen LogP contribution in [0.4, 0.5) is 0 Å². The van der Waals surface area contributed by atoms with Gasteiger partial charge in [-0.3, -0.25) is 0 Å². The molecule has 2 atom stereocenters. The molecular formula is C12H28O5Si. The molecule has 0 saturated carbocycles. The maximum absolute atomic E-state index is 9.66. The SMILES string of the molecule is CCO[Si](OCC)(OCC)C(CC)OC(O)CC. The van der Waals surface area contributed by atoms with E-state index in [0.717, 1.165) is 0 Å². The van der Waals surface area contributed by atoms with Crippen LogP contribution < -0.4 is 0 Å². The fourth-order valence-corrected chi connectivity index (χ4v) is 4.56. The standard InChI is InChI=1S/C12H28O5Si/c1-6-11(13)17-12(7-2)18(14-8-3,15-9-4)16-10-5/h11-13H,6-10H2,1-5H3. The normalized spacial score (nSPS) is 15.7. The third-order valence-corrected chi connectivity index (χ3v) is 5.88. The van der Waals surface area contributed by atoms with Gasteiger partial charge in [-0.2, -0.15) is 0 Å². The van der Waals surface area contributed by atoms with Crippen molar-refractivity contribution in [3.8, 4) is 0 Å². The van der Waals surface area contributed by atoms with E-state index in [1.54, 1.807) is 0 Å². The number of ether oxygens (including phenoxy) is 1. The van der Waals surface area contributed by atoms with Crippen LogP contribution in [0.25, 0.3) is 0 Å². The van der Waals surface area contributed by atoms with E-state index in [-0.39, 0.29) is 5.73 Å². The molecule has 0 aromatic heterocycles. The molecule has 0 rings (SSSR count). The van der Waals surface area contributed by atoms with E-state index >= 15 is 0 Å². The van der Waals surface area contributed by atoms with E-state index in [1.165, 1.54) is 0 Å². The van der Waals surface area contributed by atoms with E-state index in [0.29, 0.717) is 32.7 Å². The summed E-state index contributed by atoms with van der Waals surface area (Å²) >= 11 is 0. The molecule has 0 saturated heterocycles. The van der Waals surface area contributed by atoms with Crippen molar-refractivity contribution < 1.29 is 23.1 Å². The van der Waals surface area contributed by atoms with Crippen LogP contribution in [0, 0.1) is 0 Å². The van der Waals surface area contributed by atoms with Gasteiger partial charge in [0.15, 0.2) is 6.29 Å². The molecule has 0 aromatic rings. The Kier molecular flexibility index (Phi) is 9.89. The molecule has 6 heteroatoms. The lowest BCUT2D eigenvalue weighted by Gasteiger charge is -2.35. The Bertz CT molecular complexity index is 186. The molecule has 0 aliphatic carbocycles. The van der Waals surface area contributed by atoms with Crippen molar-refractivity contribution in [3.05, 3.63) is 0 Å². The third kappa shape index (κ3) is 5.34. The molecule has 0 spiro atoms. The predicted octanol–water partition coefficient (Wildman–Crippen LogP) is 2.10. The van der Waals surface area contributed by atoms with Crippen molar-refractivity contribution in [2.45, 2.75) is 59.5 Å². The first-order valence-corrected chi connectivity index (χ1v) is 8.65. The highest BCUT2D eigenvalue weighted by atomic mass is 28.4. The van der Waals surface area contributed by atoms with Gasteiger partial charge in [-0.25, -0.2) is 0 Å². The van der Waals surface area contributed by atoms with Crippen LogP contribution in [0.15, 0.2) is 0 Å². The Morgan fingerprint density at radius 3 is 1.56 bits per heavy atom. The summed E-state index contributed by atoms with van der Waals surface area (Å²) in [4.78, 5) is 0. The van der Waals surface area contributed by atoms with Crippen LogP contribution >= 0.6 is 0 Å². The summed E-state index contributed by atoms with van der Waals surface area (Å²) in [5.41, 5.74) is -0.327. The van der Waals surface area contributed by atoms with E-state index in [9.17, 15) is 5.11 Å². The van der Waals surface area contributed by atoms with Gasteiger partial charge in [0.05, 0.1) is 0 Å². The van der Waals surface area contributed by atoms with Gasteiger partial charge in [0.2, 0.25) is 0 Å². The smallest absolute Gasteiger partial charge is 0.372 e. The Hall–Kier alpha value is 0.0169. The fraction of sp³-hybridized carbons (Fsp3) is 1.00. The average Bonchev–Trinajstić information content (AvgIpc) is 2.36. The van der Waals surface area contributed by atoms with Gasteiger partial charge in [-0.1, -0.05) is 13.8 Å². The van der Waals surface area contributed by atoms with E-state index in [1.807, 2.05) is 34.6 Å². The zero-order chi connectivity index (χ0) is 14.0. The number of rotatable bonds is 11. The first-order valence-electron chi connectivity index (χ1n) is 6.85. The number of hydrogen-bond acceptors (Lipinski definition) is 5. The topological polar surface area (TPSA) is 57.2 Å². The maximum Gasteiger partial charge on any atom is 0.531 e. The lowest BCUT2D eigenvalue weighted by atomic mass is 10.4. The minimum atomic E-state index is -2.89. The van der Waals surface area contributed by atoms with Gasteiger partial charge in [0.1, 0.15) is 5.73 Å². The van der Waals surface area contributed by atoms with Crippen molar-refractivity contribution >= 4 is 8.80 Å². The second kappa shape index (κ2) is 9.88.